The summed E-state index contributed by atoms with van der Waals surface area (Å²) >= 11 is 0. The first-order valence-electron chi connectivity index (χ1n) is 10.7. The van der Waals surface area contributed by atoms with Gasteiger partial charge in [-0.2, -0.15) is 5.10 Å². The average molecular weight is 437 g/mol. The van der Waals surface area contributed by atoms with Gasteiger partial charge >= 0.3 is 12.1 Å². The number of nitrogens with one attached hydrogen (secondary N) is 1. The van der Waals surface area contributed by atoms with Gasteiger partial charge in [0.1, 0.15) is 11.9 Å². The number of rotatable bonds is 6. The maximum Gasteiger partial charge on any atom is 0.411 e. The van der Waals surface area contributed by atoms with E-state index >= 15 is 0 Å². The summed E-state index contributed by atoms with van der Waals surface area (Å²) in [5.41, 5.74) is 3.74. The van der Waals surface area contributed by atoms with Crippen LogP contribution in [-0.2, 0) is 22.9 Å². The molecule has 1 heterocycles. The second kappa shape index (κ2) is 9.30. The molecule has 1 aromatic heterocycles. The molecule has 0 saturated heterocycles. The van der Waals surface area contributed by atoms with Crippen LogP contribution < -0.4 is 10.1 Å². The van der Waals surface area contributed by atoms with E-state index in [2.05, 4.69) is 10.4 Å². The Balaban J connectivity index is 1.58. The largest absolute Gasteiger partial charge is 0.496 e. The van der Waals surface area contributed by atoms with Gasteiger partial charge in [0.05, 0.1) is 31.0 Å². The number of hydrogen-bond donors (Lipinski definition) is 1. The number of nitrogens with zero attached hydrogens (tertiary/aromatic N) is 2. The van der Waals surface area contributed by atoms with Crippen molar-refractivity contribution in [3.05, 3.63) is 53.2 Å². The van der Waals surface area contributed by atoms with Crippen LogP contribution in [0.3, 0.4) is 0 Å². The van der Waals surface area contributed by atoms with E-state index in [0.29, 0.717) is 23.4 Å². The lowest BCUT2D eigenvalue weighted by molar-refractivity contribution is 0.0600. The minimum absolute atomic E-state index is 0.00751. The minimum atomic E-state index is -0.429. The molecule has 0 unspecified atom stereocenters. The fourth-order valence-corrected chi connectivity index (χ4v) is 4.17. The van der Waals surface area contributed by atoms with Crippen LogP contribution in [0.25, 0.3) is 10.9 Å². The van der Waals surface area contributed by atoms with Crippen LogP contribution in [0, 0.1) is 0 Å². The third-order valence-electron chi connectivity index (χ3n) is 5.82. The fourth-order valence-electron chi connectivity index (χ4n) is 4.17. The maximum atomic E-state index is 12.3. The van der Waals surface area contributed by atoms with E-state index in [-0.39, 0.29) is 6.10 Å². The molecule has 0 spiro atoms. The summed E-state index contributed by atoms with van der Waals surface area (Å²) in [5.74, 6) is 0.166. The summed E-state index contributed by atoms with van der Waals surface area (Å²) in [6.07, 6.45) is 4.14. The molecule has 3 aromatic rings. The van der Waals surface area contributed by atoms with Crippen LogP contribution >= 0.6 is 0 Å². The Morgan fingerprint density at radius 2 is 1.91 bits per heavy atom. The number of methoxy groups -OCH3 is 2. The lowest BCUT2D eigenvalue weighted by atomic mass is 10.0. The van der Waals surface area contributed by atoms with Crippen molar-refractivity contribution in [1.82, 2.24) is 9.78 Å². The number of ether oxygens (including phenoxy) is 3. The minimum Gasteiger partial charge on any atom is -0.496 e. The van der Waals surface area contributed by atoms with Gasteiger partial charge in [0, 0.05) is 30.1 Å². The van der Waals surface area contributed by atoms with Crippen LogP contribution in [0.15, 0.2) is 36.4 Å². The Bertz CT molecular complexity index is 1150. The maximum absolute atomic E-state index is 12.3. The normalized spacial score (nSPS) is 13.8. The number of benzene rings is 2. The number of fused-ring (bicyclic) bond motifs is 1. The molecule has 1 aliphatic rings. The van der Waals surface area contributed by atoms with Gasteiger partial charge in [-0.25, -0.2) is 9.59 Å². The Morgan fingerprint density at radius 1 is 1.12 bits per heavy atom. The Labute approximate surface area is 186 Å². The SMILES string of the molecule is COC(=O)c1ccc(Cc2nn(C)c3ccc(NC(=O)OC4CCCC4)cc23)c(OC)c1. The van der Waals surface area contributed by atoms with Gasteiger partial charge in [0.2, 0.25) is 0 Å². The Kier molecular flexibility index (Phi) is 6.30. The summed E-state index contributed by atoms with van der Waals surface area (Å²) < 4.78 is 17.6. The van der Waals surface area contributed by atoms with E-state index in [4.69, 9.17) is 14.2 Å². The van der Waals surface area contributed by atoms with Gasteiger partial charge in [-0.15, -0.1) is 0 Å². The Hall–Kier alpha value is -3.55. The highest BCUT2D eigenvalue weighted by atomic mass is 16.6. The number of aryl methyl sites for hydroxylation is 1. The van der Waals surface area contributed by atoms with E-state index in [1.54, 1.807) is 23.9 Å². The molecular formula is C24H27N3O5. The molecule has 0 atom stereocenters. The monoisotopic (exact) mass is 437 g/mol. The first kappa shape index (κ1) is 21.7. The lowest BCUT2D eigenvalue weighted by Gasteiger charge is -2.12. The number of hydrogen-bond acceptors (Lipinski definition) is 6. The summed E-state index contributed by atoms with van der Waals surface area (Å²) in [6, 6.07) is 10.9. The number of carbonyl (C=O) groups excluding carboxylic acids is 2. The number of carbonyl (C=O) groups is 2. The van der Waals surface area contributed by atoms with Crippen LogP contribution in [0.4, 0.5) is 10.5 Å². The van der Waals surface area contributed by atoms with E-state index in [1.807, 2.05) is 31.3 Å². The Morgan fingerprint density at radius 3 is 2.62 bits per heavy atom. The van der Waals surface area contributed by atoms with Crippen LogP contribution in [-0.4, -0.2) is 42.2 Å². The van der Waals surface area contributed by atoms with Gasteiger partial charge in [-0.1, -0.05) is 6.07 Å². The summed E-state index contributed by atoms with van der Waals surface area (Å²) in [5, 5.41) is 8.42. The molecular weight excluding hydrogens is 410 g/mol. The zero-order chi connectivity index (χ0) is 22.7. The lowest BCUT2D eigenvalue weighted by Crippen LogP contribution is -2.20. The highest BCUT2D eigenvalue weighted by molar-refractivity contribution is 5.92. The van der Waals surface area contributed by atoms with Gasteiger partial charge in [0.15, 0.2) is 0 Å². The van der Waals surface area contributed by atoms with Crippen molar-refractivity contribution < 1.29 is 23.8 Å². The number of amides is 1. The van der Waals surface area contributed by atoms with E-state index in [0.717, 1.165) is 47.8 Å². The number of esters is 1. The van der Waals surface area contributed by atoms with E-state index < -0.39 is 12.1 Å². The molecule has 168 valence electrons. The van der Waals surface area contributed by atoms with Gasteiger partial charge in [-0.05, 0) is 56.0 Å². The molecule has 1 saturated carbocycles. The molecule has 8 heteroatoms. The summed E-state index contributed by atoms with van der Waals surface area (Å²) in [7, 11) is 4.79. The van der Waals surface area contributed by atoms with Gasteiger partial charge < -0.3 is 14.2 Å². The summed E-state index contributed by atoms with van der Waals surface area (Å²) in [4.78, 5) is 24.1. The fraction of sp³-hybridized carbons (Fsp3) is 0.375. The molecule has 0 radical (unpaired) electrons. The molecule has 8 nitrogen and oxygen atoms in total. The predicted octanol–water partition coefficient (Wildman–Crippen LogP) is 4.45. The van der Waals surface area contributed by atoms with Crippen molar-refractivity contribution in [2.24, 2.45) is 7.05 Å². The van der Waals surface area contributed by atoms with Crippen molar-refractivity contribution >= 4 is 28.7 Å². The van der Waals surface area contributed by atoms with Gasteiger partial charge in [0.25, 0.3) is 0 Å². The summed E-state index contributed by atoms with van der Waals surface area (Å²) in [6.45, 7) is 0. The molecule has 4 rings (SSSR count). The first-order valence-corrected chi connectivity index (χ1v) is 10.7. The molecule has 1 N–H and O–H groups in total. The van der Waals surface area contributed by atoms with Crippen molar-refractivity contribution in [3.63, 3.8) is 0 Å². The van der Waals surface area contributed by atoms with Crippen molar-refractivity contribution in [2.45, 2.75) is 38.2 Å². The highest BCUT2D eigenvalue weighted by Gasteiger charge is 2.20. The zero-order valence-electron chi connectivity index (χ0n) is 18.5. The third-order valence-corrected chi connectivity index (χ3v) is 5.82. The van der Waals surface area contributed by atoms with Gasteiger partial charge in [-0.3, -0.25) is 10.00 Å². The standard InChI is InChI=1S/C24H27N3O5/c1-27-21-11-10-17(25-24(29)32-18-6-4-5-7-18)14-19(21)20(26-27)12-15-8-9-16(23(28)31-3)13-22(15)30-2/h8-11,13-14,18H,4-7,12H2,1-3H3,(H,25,29). The molecule has 0 aliphatic heterocycles. The van der Waals surface area contributed by atoms with E-state index in [9.17, 15) is 9.59 Å². The second-order valence-electron chi connectivity index (χ2n) is 7.93. The van der Waals surface area contributed by atoms with Crippen LogP contribution in [0.2, 0.25) is 0 Å². The highest BCUT2D eigenvalue weighted by Crippen LogP contribution is 2.29. The molecule has 2 aromatic carbocycles. The van der Waals surface area contributed by atoms with Crippen molar-refractivity contribution in [2.75, 3.05) is 19.5 Å². The third kappa shape index (κ3) is 4.54. The number of aromatic nitrogens is 2. The molecule has 1 amide bonds. The number of anilines is 1. The van der Waals surface area contributed by atoms with Crippen LogP contribution in [0.5, 0.6) is 5.75 Å². The molecule has 32 heavy (non-hydrogen) atoms. The van der Waals surface area contributed by atoms with E-state index in [1.165, 1.54) is 7.11 Å². The second-order valence-corrected chi connectivity index (χ2v) is 7.93. The topological polar surface area (TPSA) is 91.7 Å². The first-order chi connectivity index (χ1) is 15.5. The quantitative estimate of drug-likeness (QED) is 0.573. The predicted molar refractivity (Wildman–Crippen MR) is 120 cm³/mol. The molecule has 1 fully saturated rings. The van der Waals surface area contributed by atoms with Crippen molar-refractivity contribution in [3.8, 4) is 5.75 Å². The smallest absolute Gasteiger partial charge is 0.411 e. The molecule has 1 aliphatic carbocycles. The van der Waals surface area contributed by atoms with Crippen LogP contribution in [0.1, 0.15) is 47.3 Å². The van der Waals surface area contributed by atoms with Crippen molar-refractivity contribution in [1.29, 1.82) is 0 Å². The zero-order valence-corrected chi connectivity index (χ0v) is 18.5. The average Bonchev–Trinajstić information content (AvgIpc) is 3.41. The molecule has 0 bridgehead atoms.